The van der Waals surface area contributed by atoms with E-state index in [9.17, 15) is 14.4 Å². The van der Waals surface area contributed by atoms with Crippen LogP contribution in [0.15, 0.2) is 15.1 Å². The summed E-state index contributed by atoms with van der Waals surface area (Å²) in [4.78, 5) is 42.4. The zero-order valence-electron chi connectivity index (χ0n) is 12.6. The number of aryl methyl sites for hydroxylation is 1. The molecule has 2 amide bonds. The van der Waals surface area contributed by atoms with Crippen molar-refractivity contribution in [1.82, 2.24) is 15.3 Å². The maximum atomic E-state index is 12.2. The number of amides is 2. The highest BCUT2D eigenvalue weighted by Gasteiger charge is 2.26. The molecule has 8 nitrogen and oxygen atoms in total. The molecular formula is C14H12Br2N4O4S. The van der Waals surface area contributed by atoms with Gasteiger partial charge in [0.1, 0.15) is 5.69 Å². The third kappa shape index (κ3) is 4.10. The molecule has 0 saturated heterocycles. The van der Waals surface area contributed by atoms with Crippen LogP contribution in [0.3, 0.4) is 0 Å². The average molecular weight is 492 g/mol. The lowest BCUT2D eigenvalue weighted by Gasteiger charge is -2.21. The molecule has 0 aliphatic heterocycles. The van der Waals surface area contributed by atoms with Gasteiger partial charge < -0.3 is 15.4 Å². The number of hydrogen-bond acceptors (Lipinski definition) is 5. The van der Waals surface area contributed by atoms with Crippen LogP contribution in [0.5, 0.6) is 0 Å². The molecule has 0 spiro atoms. The number of carbonyl (C=O) groups is 3. The minimum absolute atomic E-state index is 0.240. The third-order valence-electron chi connectivity index (χ3n) is 3.66. The second kappa shape index (κ2) is 7.26. The molecule has 1 atom stereocenters. The molecule has 132 valence electrons. The van der Waals surface area contributed by atoms with E-state index in [2.05, 4.69) is 52.5 Å². The van der Waals surface area contributed by atoms with Gasteiger partial charge in [0.25, 0.3) is 5.91 Å². The highest BCUT2D eigenvalue weighted by molar-refractivity contribution is 9.13. The number of aromatic nitrogens is 2. The Hall–Kier alpha value is -1.72. The number of H-pyrrole nitrogens is 1. The van der Waals surface area contributed by atoms with E-state index in [0.717, 1.165) is 15.0 Å². The van der Waals surface area contributed by atoms with Gasteiger partial charge in [-0.2, -0.15) is 0 Å². The number of thiazole rings is 1. The fourth-order valence-electron chi connectivity index (χ4n) is 2.49. The summed E-state index contributed by atoms with van der Waals surface area (Å²) >= 11 is 7.92. The molecule has 0 radical (unpaired) electrons. The Balaban J connectivity index is 1.67. The minimum atomic E-state index is -1.49. The van der Waals surface area contributed by atoms with Crippen molar-refractivity contribution < 1.29 is 19.5 Å². The van der Waals surface area contributed by atoms with Crippen LogP contribution in [-0.4, -0.2) is 38.9 Å². The van der Waals surface area contributed by atoms with Crippen molar-refractivity contribution in [2.75, 3.05) is 5.32 Å². The van der Waals surface area contributed by atoms with Gasteiger partial charge in [0.2, 0.25) is 0 Å². The molecule has 0 fully saturated rings. The summed E-state index contributed by atoms with van der Waals surface area (Å²) < 4.78 is 1.42. The summed E-state index contributed by atoms with van der Waals surface area (Å²) in [5.41, 5.74) is 1.26. The molecule has 2 aromatic rings. The van der Waals surface area contributed by atoms with Crippen molar-refractivity contribution in [3.05, 3.63) is 31.4 Å². The first kappa shape index (κ1) is 18.1. The Morgan fingerprint density at radius 1 is 1.36 bits per heavy atom. The molecule has 0 saturated carbocycles. The first-order valence-electron chi connectivity index (χ1n) is 7.21. The number of anilines is 1. The van der Waals surface area contributed by atoms with Crippen molar-refractivity contribution >= 4 is 66.1 Å². The van der Waals surface area contributed by atoms with Crippen LogP contribution in [0.1, 0.15) is 27.5 Å². The van der Waals surface area contributed by atoms with Crippen LogP contribution < -0.4 is 10.6 Å². The van der Waals surface area contributed by atoms with E-state index in [1.165, 1.54) is 11.3 Å². The van der Waals surface area contributed by atoms with Crippen molar-refractivity contribution in [3.8, 4) is 0 Å². The summed E-state index contributed by atoms with van der Waals surface area (Å²) in [7, 11) is 0. The zero-order valence-corrected chi connectivity index (χ0v) is 16.5. The monoisotopic (exact) mass is 490 g/mol. The number of aliphatic carboxylic acids is 1. The third-order valence-corrected chi connectivity index (χ3v) is 6.48. The standard InChI is InChI=1S/C14H12Br2N4O4S/c15-6-4-8(18-10(6)16)11(21)20-14-19-7-2-1-5(3-9(7)25-14)17-12(22)13(23)24/h4-5,18H,1-3H2,(H,17,22)(H,23,24)(H,19,20,21)/t5-/m1/s1. The van der Waals surface area contributed by atoms with Gasteiger partial charge in [-0.15, -0.1) is 11.3 Å². The maximum absolute atomic E-state index is 12.2. The Kier molecular flexibility index (Phi) is 5.25. The van der Waals surface area contributed by atoms with Gasteiger partial charge in [0, 0.05) is 17.3 Å². The largest absolute Gasteiger partial charge is 0.474 e. The molecule has 1 aliphatic carbocycles. The summed E-state index contributed by atoms with van der Waals surface area (Å²) in [6, 6.07) is 1.42. The molecule has 1 aliphatic rings. The Morgan fingerprint density at radius 2 is 2.12 bits per heavy atom. The predicted octanol–water partition coefficient (Wildman–Crippen LogP) is 2.31. The zero-order chi connectivity index (χ0) is 18.1. The van der Waals surface area contributed by atoms with Crippen LogP contribution in [0.25, 0.3) is 0 Å². The number of hydrogen-bond donors (Lipinski definition) is 4. The van der Waals surface area contributed by atoms with E-state index < -0.39 is 11.9 Å². The number of nitrogens with one attached hydrogen (secondary N) is 3. The minimum Gasteiger partial charge on any atom is -0.474 e. The number of fused-ring (bicyclic) bond motifs is 1. The number of rotatable bonds is 3. The van der Waals surface area contributed by atoms with Crippen LogP contribution in [-0.2, 0) is 22.4 Å². The van der Waals surface area contributed by atoms with E-state index in [1.54, 1.807) is 6.07 Å². The van der Waals surface area contributed by atoms with Crippen molar-refractivity contribution in [1.29, 1.82) is 0 Å². The average Bonchev–Trinajstić information content (AvgIpc) is 3.09. The Labute approximate surface area is 162 Å². The smallest absolute Gasteiger partial charge is 0.394 e. The molecule has 2 heterocycles. The number of aromatic amines is 1. The van der Waals surface area contributed by atoms with Crippen molar-refractivity contribution in [2.24, 2.45) is 0 Å². The molecule has 25 heavy (non-hydrogen) atoms. The number of nitrogens with zero attached hydrogens (tertiary/aromatic N) is 1. The summed E-state index contributed by atoms with van der Waals surface area (Å²) in [6.07, 6.45) is 1.73. The second-order valence-electron chi connectivity index (χ2n) is 5.41. The van der Waals surface area contributed by atoms with Gasteiger partial charge in [0.15, 0.2) is 5.13 Å². The van der Waals surface area contributed by atoms with E-state index in [1.807, 2.05) is 0 Å². The van der Waals surface area contributed by atoms with Gasteiger partial charge in [-0.3, -0.25) is 14.9 Å². The van der Waals surface area contributed by atoms with Crippen LogP contribution >= 0.6 is 43.2 Å². The lowest BCUT2D eigenvalue weighted by molar-refractivity contribution is -0.150. The number of halogens is 2. The molecule has 0 bridgehead atoms. The predicted molar refractivity (Wildman–Crippen MR) is 97.9 cm³/mol. The maximum Gasteiger partial charge on any atom is 0.394 e. The highest BCUT2D eigenvalue weighted by Crippen LogP contribution is 2.30. The van der Waals surface area contributed by atoms with Gasteiger partial charge in [-0.25, -0.2) is 9.78 Å². The van der Waals surface area contributed by atoms with E-state index >= 15 is 0 Å². The second-order valence-corrected chi connectivity index (χ2v) is 8.14. The Morgan fingerprint density at radius 3 is 2.76 bits per heavy atom. The fourth-order valence-corrected chi connectivity index (χ4v) is 4.23. The molecule has 0 aromatic carbocycles. The highest BCUT2D eigenvalue weighted by atomic mass is 79.9. The Bertz CT molecular complexity index is 844. The normalized spacial score (nSPS) is 16.2. The lowest BCUT2D eigenvalue weighted by Crippen LogP contribution is -2.42. The van der Waals surface area contributed by atoms with Gasteiger partial charge in [-0.1, -0.05) is 0 Å². The molecule has 2 aromatic heterocycles. The SMILES string of the molecule is O=C(O)C(=O)N[C@@H]1CCc2nc(NC(=O)c3cc(Br)c(Br)[nH]3)sc2C1. The summed E-state index contributed by atoms with van der Waals surface area (Å²) in [6.45, 7) is 0. The van der Waals surface area contributed by atoms with E-state index in [-0.39, 0.29) is 11.9 Å². The molecule has 3 rings (SSSR count). The topological polar surface area (TPSA) is 124 Å². The number of carbonyl (C=O) groups excluding carboxylic acids is 2. The van der Waals surface area contributed by atoms with Crippen molar-refractivity contribution in [2.45, 2.75) is 25.3 Å². The number of carboxylic acid groups (broad SMARTS) is 1. The van der Waals surface area contributed by atoms with E-state index in [4.69, 9.17) is 5.11 Å². The van der Waals surface area contributed by atoms with E-state index in [0.29, 0.717) is 34.7 Å². The fraction of sp³-hybridized carbons (Fsp3) is 0.286. The first-order valence-corrected chi connectivity index (χ1v) is 9.61. The molecule has 0 unspecified atom stereocenters. The number of carboxylic acids is 1. The quantitative estimate of drug-likeness (QED) is 0.490. The van der Waals surface area contributed by atoms with Crippen LogP contribution in [0, 0.1) is 0 Å². The molecular weight excluding hydrogens is 480 g/mol. The first-order chi connectivity index (χ1) is 11.8. The lowest BCUT2D eigenvalue weighted by atomic mass is 9.98. The van der Waals surface area contributed by atoms with Gasteiger partial charge in [-0.05, 0) is 50.8 Å². The molecule has 11 heteroatoms. The van der Waals surface area contributed by atoms with Crippen molar-refractivity contribution in [3.63, 3.8) is 0 Å². The van der Waals surface area contributed by atoms with Crippen LogP contribution in [0.2, 0.25) is 0 Å². The molecule has 4 N–H and O–H groups in total. The summed E-state index contributed by atoms with van der Waals surface area (Å²) in [5.74, 6) is -2.81. The van der Waals surface area contributed by atoms with Gasteiger partial charge >= 0.3 is 11.9 Å². The van der Waals surface area contributed by atoms with Gasteiger partial charge in [0.05, 0.1) is 14.8 Å². The van der Waals surface area contributed by atoms with Crippen LogP contribution in [0.4, 0.5) is 5.13 Å². The summed E-state index contributed by atoms with van der Waals surface area (Å²) in [5, 5.41) is 14.4.